The van der Waals surface area contributed by atoms with Crippen LogP contribution in [0.2, 0.25) is 0 Å². The summed E-state index contributed by atoms with van der Waals surface area (Å²) in [4.78, 5) is 34.8. The number of nitrogens with one attached hydrogen (secondary N) is 2. The summed E-state index contributed by atoms with van der Waals surface area (Å²) in [5.74, 6) is 0.00167. The van der Waals surface area contributed by atoms with Gasteiger partial charge in [-0.1, -0.05) is 0 Å². The van der Waals surface area contributed by atoms with Crippen LogP contribution in [-0.2, 0) is 19.1 Å². The number of carbonyl (C=O) groups is 3. The van der Waals surface area contributed by atoms with Gasteiger partial charge in [-0.2, -0.15) is 0 Å². The van der Waals surface area contributed by atoms with E-state index in [1.165, 1.54) is 18.8 Å². The zero-order valence-electron chi connectivity index (χ0n) is 13.1. The van der Waals surface area contributed by atoms with E-state index in [1.807, 2.05) is 6.07 Å². The minimum absolute atomic E-state index is 0.0579. The van der Waals surface area contributed by atoms with Crippen molar-refractivity contribution in [1.29, 1.82) is 0 Å². The highest BCUT2D eigenvalue weighted by molar-refractivity contribution is 8.00. The lowest BCUT2D eigenvalue weighted by molar-refractivity contribution is -0.146. The number of amides is 2. The molecule has 0 fully saturated rings. The van der Waals surface area contributed by atoms with Crippen LogP contribution in [0.3, 0.4) is 0 Å². The number of thioether (sulfide) groups is 1. The van der Waals surface area contributed by atoms with Gasteiger partial charge in [0, 0.05) is 11.9 Å². The van der Waals surface area contributed by atoms with E-state index < -0.39 is 18.5 Å². The van der Waals surface area contributed by atoms with Crippen molar-refractivity contribution in [1.82, 2.24) is 10.6 Å². The molecule has 1 aliphatic rings. The number of rotatable bonds is 7. The molecule has 9 heteroatoms. The molecule has 0 bridgehead atoms. The average Bonchev–Trinajstić information content (AvgIpc) is 2.62. The van der Waals surface area contributed by atoms with Gasteiger partial charge >= 0.3 is 5.97 Å². The van der Waals surface area contributed by atoms with Crippen molar-refractivity contribution in [3.63, 3.8) is 0 Å². The maximum atomic E-state index is 11.6. The van der Waals surface area contributed by atoms with E-state index >= 15 is 0 Å². The normalized spacial score (nSPS) is 12.2. The highest BCUT2D eigenvalue weighted by Crippen LogP contribution is 2.34. The monoisotopic (exact) mass is 354 g/mol. The Balaban J connectivity index is 1.69. The number of benzene rings is 1. The van der Waals surface area contributed by atoms with E-state index in [0.29, 0.717) is 24.7 Å². The molecule has 0 spiro atoms. The molecule has 1 aliphatic heterocycles. The van der Waals surface area contributed by atoms with Crippen molar-refractivity contribution in [2.24, 2.45) is 0 Å². The molecule has 0 aromatic heterocycles. The van der Waals surface area contributed by atoms with Crippen molar-refractivity contribution in [2.45, 2.75) is 4.90 Å². The van der Waals surface area contributed by atoms with Crippen LogP contribution in [0, 0.1) is 0 Å². The van der Waals surface area contributed by atoms with Gasteiger partial charge in [-0.05, 0) is 18.2 Å². The van der Waals surface area contributed by atoms with Crippen LogP contribution in [-0.4, -0.2) is 56.9 Å². The number of ether oxygens (including phenoxy) is 3. The quantitative estimate of drug-likeness (QED) is 0.523. The van der Waals surface area contributed by atoms with Crippen LogP contribution < -0.4 is 20.1 Å². The number of likely N-dealkylation sites (N-methyl/N-ethyl adjacent to an activating group) is 1. The minimum Gasteiger partial charge on any atom is -0.486 e. The fourth-order valence-electron chi connectivity index (χ4n) is 1.76. The summed E-state index contributed by atoms with van der Waals surface area (Å²) in [6, 6.07) is 5.40. The van der Waals surface area contributed by atoms with Crippen molar-refractivity contribution in [3.8, 4) is 11.5 Å². The number of carbonyl (C=O) groups excluding carboxylic acids is 3. The Labute approximate surface area is 143 Å². The van der Waals surface area contributed by atoms with Gasteiger partial charge in [0.1, 0.15) is 13.2 Å². The zero-order chi connectivity index (χ0) is 17.4. The lowest BCUT2D eigenvalue weighted by Gasteiger charge is -2.18. The van der Waals surface area contributed by atoms with Crippen molar-refractivity contribution in [3.05, 3.63) is 18.2 Å². The molecule has 2 amide bonds. The summed E-state index contributed by atoms with van der Waals surface area (Å²) in [5, 5.41) is 4.69. The molecular weight excluding hydrogens is 336 g/mol. The second kappa shape index (κ2) is 9.02. The standard InChI is InChI=1S/C15H18N2O6S/c1-16-13(18)7-17-14(19)8-23-15(20)9-24-10-2-3-11-12(6-10)22-5-4-21-11/h2-3,6H,4-5,7-9H2,1H3,(H,16,18)(H,17,19). The first-order valence-electron chi connectivity index (χ1n) is 7.24. The van der Waals surface area contributed by atoms with Crippen LogP contribution in [0.5, 0.6) is 11.5 Å². The summed E-state index contributed by atoms with van der Waals surface area (Å²) < 4.78 is 15.7. The molecule has 8 nitrogen and oxygen atoms in total. The van der Waals surface area contributed by atoms with E-state index in [9.17, 15) is 14.4 Å². The van der Waals surface area contributed by atoms with Crippen molar-refractivity contribution >= 4 is 29.5 Å². The minimum atomic E-state index is -0.531. The predicted molar refractivity (Wildman–Crippen MR) is 86.2 cm³/mol. The largest absolute Gasteiger partial charge is 0.486 e. The van der Waals surface area contributed by atoms with E-state index in [4.69, 9.17) is 14.2 Å². The molecule has 0 radical (unpaired) electrons. The summed E-state index contributed by atoms with van der Waals surface area (Å²) in [7, 11) is 1.46. The summed E-state index contributed by atoms with van der Waals surface area (Å²) in [6.07, 6.45) is 0. The molecule has 24 heavy (non-hydrogen) atoms. The molecule has 1 aromatic rings. The average molecular weight is 354 g/mol. The lowest BCUT2D eigenvalue weighted by Crippen LogP contribution is -2.37. The Bertz CT molecular complexity index is 622. The van der Waals surface area contributed by atoms with Gasteiger partial charge in [-0.3, -0.25) is 14.4 Å². The Hall–Kier alpha value is -2.42. The van der Waals surface area contributed by atoms with E-state index in [-0.39, 0.29) is 18.2 Å². The number of fused-ring (bicyclic) bond motifs is 1. The molecule has 0 aliphatic carbocycles. The summed E-state index contributed by atoms with van der Waals surface area (Å²) >= 11 is 1.27. The third-order valence-electron chi connectivity index (χ3n) is 2.96. The van der Waals surface area contributed by atoms with Crippen LogP contribution in [0.1, 0.15) is 0 Å². The van der Waals surface area contributed by atoms with Gasteiger partial charge in [0.2, 0.25) is 5.91 Å². The Morgan fingerprint density at radius 2 is 1.92 bits per heavy atom. The van der Waals surface area contributed by atoms with Crippen LogP contribution >= 0.6 is 11.8 Å². The van der Waals surface area contributed by atoms with Gasteiger partial charge in [-0.25, -0.2) is 0 Å². The molecule has 0 saturated carbocycles. The molecule has 0 saturated heterocycles. The maximum absolute atomic E-state index is 11.6. The van der Waals surface area contributed by atoms with E-state index in [0.717, 1.165) is 4.90 Å². The molecule has 2 N–H and O–H groups in total. The fourth-order valence-corrected chi connectivity index (χ4v) is 2.48. The molecule has 0 atom stereocenters. The van der Waals surface area contributed by atoms with Crippen molar-refractivity contribution in [2.75, 3.05) is 39.2 Å². The highest BCUT2D eigenvalue weighted by atomic mass is 32.2. The number of esters is 1. The van der Waals surface area contributed by atoms with Crippen molar-refractivity contribution < 1.29 is 28.6 Å². The second-order valence-corrected chi connectivity index (χ2v) is 5.75. The predicted octanol–water partition coefficient (Wildman–Crippen LogP) is -0.0447. The van der Waals surface area contributed by atoms with Gasteiger partial charge in [0.15, 0.2) is 18.1 Å². The van der Waals surface area contributed by atoms with E-state index in [2.05, 4.69) is 10.6 Å². The Kier molecular flexibility index (Phi) is 6.74. The maximum Gasteiger partial charge on any atom is 0.316 e. The smallest absolute Gasteiger partial charge is 0.316 e. The molecule has 0 unspecified atom stereocenters. The van der Waals surface area contributed by atoms with Gasteiger partial charge in [-0.15, -0.1) is 11.8 Å². The van der Waals surface area contributed by atoms with Gasteiger partial charge in [0.25, 0.3) is 5.91 Å². The molecule has 1 heterocycles. The van der Waals surface area contributed by atoms with Crippen LogP contribution in [0.4, 0.5) is 0 Å². The van der Waals surface area contributed by atoms with E-state index in [1.54, 1.807) is 12.1 Å². The first-order chi connectivity index (χ1) is 11.6. The zero-order valence-corrected chi connectivity index (χ0v) is 13.9. The fraction of sp³-hybridized carbons (Fsp3) is 0.400. The lowest BCUT2D eigenvalue weighted by atomic mass is 10.3. The number of hydrogen-bond donors (Lipinski definition) is 2. The molecule has 1 aromatic carbocycles. The summed E-state index contributed by atoms with van der Waals surface area (Å²) in [5.41, 5.74) is 0. The second-order valence-electron chi connectivity index (χ2n) is 4.70. The number of hydrogen-bond acceptors (Lipinski definition) is 7. The first kappa shape index (κ1) is 17.9. The SMILES string of the molecule is CNC(=O)CNC(=O)COC(=O)CSc1ccc2c(c1)OCCO2. The molecule has 130 valence electrons. The van der Waals surface area contributed by atoms with Gasteiger partial charge in [0.05, 0.1) is 12.3 Å². The summed E-state index contributed by atoms with van der Waals surface area (Å²) in [6.45, 7) is 0.443. The Morgan fingerprint density at radius 1 is 1.17 bits per heavy atom. The first-order valence-corrected chi connectivity index (χ1v) is 8.22. The Morgan fingerprint density at radius 3 is 2.67 bits per heavy atom. The third kappa shape index (κ3) is 5.65. The third-order valence-corrected chi connectivity index (χ3v) is 3.93. The van der Waals surface area contributed by atoms with Crippen LogP contribution in [0.25, 0.3) is 0 Å². The topological polar surface area (TPSA) is 103 Å². The molecular formula is C15H18N2O6S. The van der Waals surface area contributed by atoms with Gasteiger partial charge < -0.3 is 24.8 Å². The molecule has 2 rings (SSSR count). The van der Waals surface area contributed by atoms with Crippen LogP contribution in [0.15, 0.2) is 23.1 Å². The highest BCUT2D eigenvalue weighted by Gasteiger charge is 2.13.